The summed E-state index contributed by atoms with van der Waals surface area (Å²) in [5.41, 5.74) is 0.353. The molecule has 10 nitrogen and oxygen atoms in total. The van der Waals surface area contributed by atoms with Crippen LogP contribution in [0.25, 0.3) is 0 Å². The molecule has 5 atom stereocenters. The highest BCUT2D eigenvalue weighted by Gasteiger charge is 2.59. The molecule has 1 aromatic rings. The van der Waals surface area contributed by atoms with Crippen LogP contribution in [0.4, 0.5) is 0 Å². The number of ketones is 1. The van der Waals surface area contributed by atoms with Gasteiger partial charge in [0.25, 0.3) is 0 Å². The lowest BCUT2D eigenvalue weighted by Gasteiger charge is -2.34. The summed E-state index contributed by atoms with van der Waals surface area (Å²) in [5.74, 6) is -0.268. The molecule has 0 unspecified atom stereocenters. The van der Waals surface area contributed by atoms with E-state index in [0.29, 0.717) is 35.0 Å². The number of hydrogen-bond acceptors (Lipinski definition) is 10. The van der Waals surface area contributed by atoms with E-state index in [1.807, 2.05) is 41.5 Å². The fourth-order valence-electron chi connectivity index (χ4n) is 5.35. The minimum absolute atomic E-state index is 0.0291. The van der Waals surface area contributed by atoms with Crippen LogP contribution in [0.3, 0.4) is 0 Å². The lowest BCUT2D eigenvalue weighted by atomic mass is 9.91. The molecular formula is C26H36O10. The van der Waals surface area contributed by atoms with Crippen LogP contribution in [0.15, 0.2) is 6.07 Å². The Balaban J connectivity index is 1.48. The van der Waals surface area contributed by atoms with E-state index < -0.39 is 41.8 Å². The Bertz CT molecular complexity index is 1030. The molecule has 1 aromatic carbocycles. The van der Waals surface area contributed by atoms with Crippen molar-refractivity contribution in [2.75, 3.05) is 20.8 Å². The summed E-state index contributed by atoms with van der Waals surface area (Å²) in [6, 6.07) is 1.66. The van der Waals surface area contributed by atoms with Crippen molar-refractivity contribution in [1.29, 1.82) is 0 Å². The summed E-state index contributed by atoms with van der Waals surface area (Å²) >= 11 is 0. The number of rotatable bonds is 6. The summed E-state index contributed by atoms with van der Waals surface area (Å²) < 4.78 is 54.3. The first-order chi connectivity index (χ1) is 16.8. The molecule has 0 spiro atoms. The molecule has 3 saturated heterocycles. The third-order valence-corrected chi connectivity index (χ3v) is 6.83. The van der Waals surface area contributed by atoms with Crippen molar-refractivity contribution in [2.45, 2.75) is 102 Å². The van der Waals surface area contributed by atoms with Gasteiger partial charge in [0.15, 0.2) is 35.1 Å². The minimum Gasteiger partial charge on any atom is -0.493 e. The molecule has 36 heavy (non-hydrogen) atoms. The number of methoxy groups -OCH3 is 2. The molecule has 10 heteroatoms. The summed E-state index contributed by atoms with van der Waals surface area (Å²) in [5, 5.41) is 0. The highest BCUT2D eigenvalue weighted by molar-refractivity contribution is 6.01. The fourth-order valence-corrected chi connectivity index (χ4v) is 5.35. The van der Waals surface area contributed by atoms with Gasteiger partial charge in [-0.1, -0.05) is 0 Å². The van der Waals surface area contributed by atoms with Crippen molar-refractivity contribution >= 4 is 5.78 Å². The van der Waals surface area contributed by atoms with Gasteiger partial charge >= 0.3 is 0 Å². The molecule has 200 valence electrons. The van der Waals surface area contributed by atoms with Crippen LogP contribution in [0.1, 0.15) is 63.9 Å². The highest BCUT2D eigenvalue weighted by atomic mass is 16.8. The van der Waals surface area contributed by atoms with Crippen molar-refractivity contribution in [2.24, 2.45) is 0 Å². The van der Waals surface area contributed by atoms with Gasteiger partial charge in [0.05, 0.1) is 45.0 Å². The van der Waals surface area contributed by atoms with Gasteiger partial charge in [-0.15, -0.1) is 0 Å². The smallest absolute Gasteiger partial charge is 0.190 e. The summed E-state index contributed by atoms with van der Waals surface area (Å²) in [4.78, 5) is 13.0. The molecule has 4 aliphatic heterocycles. The average molecular weight is 509 g/mol. The monoisotopic (exact) mass is 508 g/mol. The first-order valence-electron chi connectivity index (χ1n) is 12.3. The Hall–Kier alpha value is -1.95. The van der Waals surface area contributed by atoms with Crippen LogP contribution < -0.4 is 14.2 Å². The van der Waals surface area contributed by atoms with E-state index >= 15 is 0 Å². The second-order valence-electron chi connectivity index (χ2n) is 11.1. The second kappa shape index (κ2) is 8.82. The molecular weight excluding hydrogens is 472 g/mol. The first-order valence-corrected chi connectivity index (χ1v) is 12.3. The number of Topliss-reactive ketones (excluding diaryl/α,β-unsaturated/α-hetero) is 1. The molecule has 4 heterocycles. The molecule has 0 saturated carbocycles. The zero-order valence-corrected chi connectivity index (χ0v) is 22.2. The van der Waals surface area contributed by atoms with Crippen molar-refractivity contribution in [1.82, 2.24) is 0 Å². The van der Waals surface area contributed by atoms with Gasteiger partial charge in [-0.25, -0.2) is 0 Å². The maximum atomic E-state index is 13.0. The van der Waals surface area contributed by atoms with Crippen LogP contribution in [-0.4, -0.2) is 74.5 Å². The number of hydrogen-bond donors (Lipinski definition) is 0. The topological polar surface area (TPSA) is 100 Å². The van der Waals surface area contributed by atoms with Gasteiger partial charge in [-0.3, -0.25) is 4.79 Å². The normalized spacial score (nSPS) is 33.7. The zero-order chi connectivity index (χ0) is 26.0. The zero-order valence-electron chi connectivity index (χ0n) is 22.2. The number of fused-ring (bicyclic) bond motifs is 2. The van der Waals surface area contributed by atoms with Crippen molar-refractivity contribution in [3.8, 4) is 17.2 Å². The Morgan fingerprint density at radius 2 is 1.72 bits per heavy atom. The fraction of sp³-hybridized carbons (Fsp3) is 0.731. The van der Waals surface area contributed by atoms with Crippen molar-refractivity contribution in [3.63, 3.8) is 0 Å². The number of carbonyl (C=O) groups excluding carboxylic acids is 1. The minimum atomic E-state index is -0.819. The van der Waals surface area contributed by atoms with Crippen LogP contribution >= 0.6 is 0 Å². The van der Waals surface area contributed by atoms with Crippen LogP contribution in [-0.2, 0) is 35.0 Å². The highest BCUT2D eigenvalue weighted by Crippen LogP contribution is 2.47. The predicted octanol–water partition coefficient (Wildman–Crippen LogP) is 3.36. The molecule has 0 radical (unpaired) electrons. The number of benzene rings is 1. The molecule has 0 aromatic heterocycles. The second-order valence-corrected chi connectivity index (χ2v) is 11.1. The largest absolute Gasteiger partial charge is 0.493 e. The molecule has 0 amide bonds. The van der Waals surface area contributed by atoms with Crippen LogP contribution in [0, 0.1) is 0 Å². The Labute approximate surface area is 211 Å². The van der Waals surface area contributed by atoms with E-state index in [-0.39, 0.29) is 24.9 Å². The van der Waals surface area contributed by atoms with Gasteiger partial charge in [0, 0.05) is 0 Å². The quantitative estimate of drug-likeness (QED) is 0.569. The van der Waals surface area contributed by atoms with Crippen molar-refractivity contribution in [3.05, 3.63) is 17.2 Å². The molecule has 5 rings (SSSR count). The maximum absolute atomic E-state index is 13.0. The predicted molar refractivity (Wildman–Crippen MR) is 125 cm³/mol. The van der Waals surface area contributed by atoms with E-state index in [9.17, 15) is 4.79 Å². The van der Waals surface area contributed by atoms with Gasteiger partial charge in [-0.05, 0) is 47.6 Å². The lowest BCUT2D eigenvalue weighted by Crippen LogP contribution is -2.44. The van der Waals surface area contributed by atoms with E-state index in [1.165, 1.54) is 7.11 Å². The number of carbonyl (C=O) groups is 1. The van der Waals surface area contributed by atoms with Gasteiger partial charge in [0.2, 0.25) is 0 Å². The third-order valence-electron chi connectivity index (χ3n) is 6.83. The van der Waals surface area contributed by atoms with Gasteiger partial charge in [-0.2, -0.15) is 0 Å². The van der Waals surface area contributed by atoms with Crippen LogP contribution in [0.5, 0.6) is 17.2 Å². The summed E-state index contributed by atoms with van der Waals surface area (Å²) in [7, 11) is 3.08. The van der Waals surface area contributed by atoms with E-state index in [2.05, 4.69) is 0 Å². The molecule has 3 fully saturated rings. The lowest BCUT2D eigenvalue weighted by molar-refractivity contribution is -0.236. The summed E-state index contributed by atoms with van der Waals surface area (Å²) in [6.07, 6.45) is -2.25. The molecule has 0 aliphatic carbocycles. The third kappa shape index (κ3) is 4.59. The SMILES string of the molecule is COc1cc2c(c(CO[C@@H]3[C@H]4OC(C)(C)O[C@H]4O[C@@H]3[C@@H]3COC(C)(C)O3)c1OC)OC(C)(C)CC2=O. The number of ether oxygens (including phenoxy) is 9. The van der Waals surface area contributed by atoms with Gasteiger partial charge < -0.3 is 42.6 Å². The molecule has 0 bridgehead atoms. The Morgan fingerprint density at radius 1 is 0.972 bits per heavy atom. The molecule has 0 N–H and O–H groups in total. The first kappa shape index (κ1) is 25.7. The standard InChI is InChI=1S/C26H36O10/c1-24(2)10-15(27)13-9-16(28-7)19(29-8)14(18(13)34-24)11-30-21-20(17-12-31-25(3,4)33-17)32-23-22(21)35-26(5,6)36-23/h9,17,20-23H,10-12H2,1-8H3/t17-,20+,21-,22+,23+/m0/s1. The van der Waals surface area contributed by atoms with E-state index in [0.717, 1.165) is 0 Å². The average Bonchev–Trinajstić information content (AvgIpc) is 3.39. The van der Waals surface area contributed by atoms with E-state index in [1.54, 1.807) is 13.2 Å². The Kier molecular flexibility index (Phi) is 6.29. The van der Waals surface area contributed by atoms with Gasteiger partial charge in [0.1, 0.15) is 35.8 Å². The van der Waals surface area contributed by atoms with Crippen LogP contribution in [0.2, 0.25) is 0 Å². The van der Waals surface area contributed by atoms with Crippen molar-refractivity contribution < 1.29 is 47.4 Å². The van der Waals surface area contributed by atoms with E-state index in [4.69, 9.17) is 42.6 Å². The Morgan fingerprint density at radius 3 is 2.36 bits per heavy atom. The summed E-state index contributed by atoms with van der Waals surface area (Å²) in [6.45, 7) is 11.6. The molecule has 4 aliphatic rings. The maximum Gasteiger partial charge on any atom is 0.190 e.